The third kappa shape index (κ3) is 1.97. The lowest BCUT2D eigenvalue weighted by molar-refractivity contribution is -0.158. The Balaban J connectivity index is 1.93. The van der Waals surface area contributed by atoms with Gasteiger partial charge in [0.05, 0.1) is 28.8 Å². The van der Waals surface area contributed by atoms with Crippen molar-refractivity contribution in [2.45, 2.75) is 64.3 Å². The van der Waals surface area contributed by atoms with Crippen molar-refractivity contribution in [3.8, 4) is 5.75 Å². The summed E-state index contributed by atoms with van der Waals surface area (Å²) in [4.78, 5) is 25.8. The van der Waals surface area contributed by atoms with Crippen LogP contribution in [0.25, 0.3) is 0 Å². The van der Waals surface area contributed by atoms with Gasteiger partial charge < -0.3 is 4.74 Å². The van der Waals surface area contributed by atoms with Gasteiger partial charge in [-0.05, 0) is 63.9 Å². The molecule has 1 aromatic carbocycles. The van der Waals surface area contributed by atoms with Gasteiger partial charge in [0.15, 0.2) is 5.78 Å². The molecule has 2 aliphatic carbocycles. The van der Waals surface area contributed by atoms with Crippen molar-refractivity contribution in [3.05, 3.63) is 24.3 Å². The van der Waals surface area contributed by atoms with Crippen molar-refractivity contribution >= 4 is 41.0 Å². The number of carbonyl (C=O) groups is 2. The Bertz CT molecular complexity index is 879. The van der Waals surface area contributed by atoms with Crippen LogP contribution >= 0.6 is 23.7 Å². The third-order valence-electron chi connectivity index (χ3n) is 7.71. The number of anilines is 1. The zero-order valence-electron chi connectivity index (χ0n) is 18.8. The van der Waals surface area contributed by atoms with E-state index in [1.54, 1.807) is 19.1 Å². The summed E-state index contributed by atoms with van der Waals surface area (Å²) in [6.45, 7) is 16.5. The SMILES string of the molecule is COc1ccc(N2SC3(SC24C(C)(C)C(=O)C4(C)C)C(C)(C)C(=O)C3(C)C)cc1. The van der Waals surface area contributed by atoms with Crippen LogP contribution in [-0.4, -0.2) is 27.6 Å². The number of methoxy groups -OCH3 is 1. The van der Waals surface area contributed by atoms with Crippen LogP contribution in [0, 0.1) is 21.7 Å². The predicted molar refractivity (Wildman–Crippen MR) is 121 cm³/mol. The predicted octanol–water partition coefficient (Wildman–Crippen LogP) is 5.56. The lowest BCUT2D eigenvalue weighted by Gasteiger charge is -2.67. The minimum Gasteiger partial charge on any atom is -0.497 e. The minimum absolute atomic E-state index is 0.273. The molecule has 158 valence electrons. The molecule has 6 heteroatoms. The second-order valence-corrected chi connectivity index (χ2v) is 13.4. The first-order chi connectivity index (χ1) is 13.1. The van der Waals surface area contributed by atoms with Crippen molar-refractivity contribution in [2.75, 3.05) is 11.4 Å². The van der Waals surface area contributed by atoms with Crippen LogP contribution in [0.2, 0.25) is 0 Å². The van der Waals surface area contributed by atoms with Crippen LogP contribution in [-0.2, 0) is 9.59 Å². The second-order valence-electron chi connectivity index (χ2n) is 10.6. The van der Waals surface area contributed by atoms with Gasteiger partial charge in [0.25, 0.3) is 0 Å². The zero-order valence-corrected chi connectivity index (χ0v) is 20.4. The van der Waals surface area contributed by atoms with Crippen molar-refractivity contribution in [2.24, 2.45) is 21.7 Å². The highest BCUT2D eigenvalue weighted by Gasteiger charge is 2.87. The molecule has 2 spiro atoms. The molecule has 0 aromatic heterocycles. The highest BCUT2D eigenvalue weighted by molar-refractivity contribution is 8.23. The van der Waals surface area contributed by atoms with Gasteiger partial charge >= 0.3 is 0 Å². The standard InChI is InChI=1S/C23H31NO3S2/c1-18(2)16(25)19(3,4)22(18)24(14-10-12-15(27-9)13-11-14)29-23(28-22)20(5,6)17(26)21(23,7)8/h10-13H,1-9H3. The van der Waals surface area contributed by atoms with E-state index in [0.717, 1.165) is 11.4 Å². The lowest BCUT2D eigenvalue weighted by Crippen LogP contribution is -2.77. The fourth-order valence-corrected chi connectivity index (χ4v) is 10.9. The lowest BCUT2D eigenvalue weighted by atomic mass is 9.50. The van der Waals surface area contributed by atoms with Gasteiger partial charge in [-0.1, -0.05) is 27.7 Å². The number of benzene rings is 1. The van der Waals surface area contributed by atoms with Crippen LogP contribution in [0.5, 0.6) is 5.75 Å². The van der Waals surface area contributed by atoms with Gasteiger partial charge in [-0.25, -0.2) is 0 Å². The maximum absolute atomic E-state index is 13.2. The number of carbonyl (C=O) groups excluding carboxylic acids is 2. The summed E-state index contributed by atoms with van der Waals surface area (Å²) in [5.74, 6) is 1.37. The average molecular weight is 434 g/mol. The average Bonchev–Trinajstić information content (AvgIpc) is 3.09. The van der Waals surface area contributed by atoms with Gasteiger partial charge in [0.1, 0.15) is 20.5 Å². The Labute approximate surface area is 182 Å². The van der Waals surface area contributed by atoms with Crippen molar-refractivity contribution in [1.82, 2.24) is 0 Å². The molecule has 4 nitrogen and oxygen atoms in total. The maximum atomic E-state index is 13.2. The monoisotopic (exact) mass is 433 g/mol. The molecule has 0 atom stereocenters. The number of thioether (sulfide) groups is 1. The summed E-state index contributed by atoms with van der Waals surface area (Å²) in [6, 6.07) is 8.04. The first-order valence-electron chi connectivity index (χ1n) is 10.1. The molecular weight excluding hydrogens is 402 g/mol. The first kappa shape index (κ1) is 21.1. The van der Waals surface area contributed by atoms with Gasteiger partial charge in [-0.2, -0.15) is 0 Å². The summed E-state index contributed by atoms with van der Waals surface area (Å²) in [5, 5.41) is 0. The van der Waals surface area contributed by atoms with Crippen molar-refractivity contribution in [3.63, 3.8) is 0 Å². The molecule has 0 radical (unpaired) electrons. The van der Waals surface area contributed by atoms with Gasteiger partial charge in [-0.15, -0.1) is 11.8 Å². The minimum atomic E-state index is -0.539. The first-order valence-corrected chi connectivity index (χ1v) is 11.7. The molecule has 1 aromatic rings. The number of hydrogen-bond donors (Lipinski definition) is 0. The molecular formula is C23H31NO3S2. The van der Waals surface area contributed by atoms with Gasteiger partial charge in [0, 0.05) is 5.69 Å². The molecule has 3 aliphatic rings. The smallest absolute Gasteiger partial charge is 0.150 e. The fourth-order valence-electron chi connectivity index (χ4n) is 6.27. The number of ether oxygens (including phenoxy) is 1. The molecule has 29 heavy (non-hydrogen) atoms. The third-order valence-corrected chi connectivity index (χ3v) is 13.1. The molecule has 1 aliphatic heterocycles. The molecule has 3 fully saturated rings. The van der Waals surface area contributed by atoms with Crippen molar-refractivity contribution < 1.29 is 14.3 Å². The van der Waals surface area contributed by atoms with Crippen molar-refractivity contribution in [1.29, 1.82) is 0 Å². The summed E-state index contributed by atoms with van der Waals surface area (Å²) in [7, 11) is 1.66. The number of hydrogen-bond acceptors (Lipinski definition) is 6. The van der Waals surface area contributed by atoms with E-state index in [4.69, 9.17) is 4.74 Å². The Morgan fingerprint density at radius 3 is 1.66 bits per heavy atom. The summed E-state index contributed by atoms with van der Waals surface area (Å²) < 4.78 is 7.35. The molecule has 0 unspecified atom stereocenters. The molecule has 1 heterocycles. The molecule has 0 bridgehead atoms. The fraction of sp³-hybridized carbons (Fsp3) is 0.652. The molecule has 2 saturated carbocycles. The number of Topliss-reactive ketones (excluding diaryl/α,β-unsaturated/α-hetero) is 2. The summed E-state index contributed by atoms with van der Waals surface area (Å²) >= 11 is 3.61. The number of nitrogens with zero attached hydrogens (tertiary/aromatic N) is 1. The molecule has 4 rings (SSSR count). The van der Waals surface area contributed by atoms with E-state index < -0.39 is 26.5 Å². The van der Waals surface area contributed by atoms with Gasteiger partial charge in [0.2, 0.25) is 0 Å². The topological polar surface area (TPSA) is 46.6 Å². The van der Waals surface area contributed by atoms with Crippen LogP contribution < -0.4 is 9.04 Å². The van der Waals surface area contributed by atoms with E-state index >= 15 is 0 Å². The second kappa shape index (κ2) is 5.56. The van der Waals surface area contributed by atoms with Crippen LogP contribution in [0.3, 0.4) is 0 Å². The normalized spacial score (nSPS) is 28.9. The quantitative estimate of drug-likeness (QED) is 0.569. The van der Waals surface area contributed by atoms with Crippen LogP contribution in [0.1, 0.15) is 55.4 Å². The number of ketones is 2. The zero-order chi connectivity index (χ0) is 21.8. The summed E-state index contributed by atoms with van der Waals surface area (Å²) in [5.41, 5.74) is -1.000. The summed E-state index contributed by atoms with van der Waals surface area (Å²) in [6.07, 6.45) is 0. The van der Waals surface area contributed by atoms with E-state index in [-0.39, 0.29) is 15.6 Å². The molecule has 1 saturated heterocycles. The van der Waals surface area contributed by atoms with Gasteiger partial charge in [-0.3, -0.25) is 13.9 Å². The molecule has 0 N–H and O–H groups in total. The highest BCUT2D eigenvalue weighted by atomic mass is 32.2. The van der Waals surface area contributed by atoms with E-state index in [1.807, 2.05) is 23.9 Å². The Kier molecular flexibility index (Phi) is 4.04. The number of rotatable bonds is 2. The Morgan fingerprint density at radius 2 is 1.21 bits per heavy atom. The Hall–Kier alpha value is -1.14. The van der Waals surface area contributed by atoms with Crippen LogP contribution in [0.15, 0.2) is 24.3 Å². The Morgan fingerprint density at radius 1 is 0.759 bits per heavy atom. The largest absolute Gasteiger partial charge is 0.497 e. The maximum Gasteiger partial charge on any atom is 0.150 e. The van der Waals surface area contributed by atoms with E-state index in [0.29, 0.717) is 0 Å². The van der Waals surface area contributed by atoms with E-state index in [2.05, 4.69) is 71.8 Å². The molecule has 0 amide bonds. The van der Waals surface area contributed by atoms with E-state index in [1.165, 1.54) is 0 Å². The van der Waals surface area contributed by atoms with Crippen LogP contribution in [0.4, 0.5) is 5.69 Å². The van der Waals surface area contributed by atoms with E-state index in [9.17, 15) is 9.59 Å². The highest BCUT2D eigenvalue weighted by Crippen LogP contribution is 2.85.